The second kappa shape index (κ2) is 40.7. The van der Waals surface area contributed by atoms with Gasteiger partial charge in [0.1, 0.15) is 90.4 Å². The van der Waals surface area contributed by atoms with Gasteiger partial charge in [0.2, 0.25) is 0 Å². The number of hydrogen-bond acceptors (Lipinski definition) is 30. The van der Waals surface area contributed by atoms with Crippen LogP contribution in [0, 0.1) is 11.7 Å². The zero-order valence-electron chi connectivity index (χ0n) is 68.0. The molecule has 113 heavy (non-hydrogen) atoms. The number of aryl methyl sites for hydroxylation is 2. The third-order valence-corrected chi connectivity index (χ3v) is 28.5. The molecule has 0 radical (unpaired) electrons. The zero-order valence-corrected chi connectivity index (χ0v) is 76.4. The summed E-state index contributed by atoms with van der Waals surface area (Å²) in [6.45, 7) is 32.7. The van der Waals surface area contributed by atoms with Crippen LogP contribution >= 0.6 is 78.5 Å². The molecule has 10 rings (SSSR count). The molecule has 638 valence electrons. The van der Waals surface area contributed by atoms with Crippen LogP contribution in [0.25, 0.3) is 0 Å². The van der Waals surface area contributed by atoms with Crippen molar-refractivity contribution in [3.05, 3.63) is 129 Å². The van der Waals surface area contributed by atoms with Crippen molar-refractivity contribution in [2.45, 2.75) is 162 Å². The summed E-state index contributed by atoms with van der Waals surface area (Å²) in [5.41, 5.74) is 25.7. The number of aromatic nitrogens is 2. The van der Waals surface area contributed by atoms with Gasteiger partial charge in [-0.2, -0.15) is 0 Å². The lowest BCUT2D eigenvalue weighted by Gasteiger charge is -2.32. The number of ether oxygens (including phenoxy) is 8. The number of nitrogens with two attached hydrogens (primary N) is 4. The lowest BCUT2D eigenvalue weighted by atomic mass is 10.0. The van der Waals surface area contributed by atoms with Crippen LogP contribution in [0.15, 0.2) is 128 Å². The number of halogens is 2. The Kier molecular flexibility index (Phi) is 35.2. The molecule has 10 heterocycles. The second-order valence-corrected chi connectivity index (χ2v) is 56.4. The summed E-state index contributed by atoms with van der Waals surface area (Å²) in [6, 6.07) is 0. The van der Waals surface area contributed by atoms with Gasteiger partial charge in [0.05, 0.1) is 66.1 Å². The van der Waals surface area contributed by atoms with Crippen LogP contribution < -0.4 is 22.9 Å². The molecule has 0 amide bonds. The summed E-state index contributed by atoms with van der Waals surface area (Å²) in [5, 5.41) is 92.9. The van der Waals surface area contributed by atoms with Crippen LogP contribution in [0.1, 0.15) is 49.5 Å². The smallest absolute Gasteiger partial charge is 0.199 e. The van der Waals surface area contributed by atoms with E-state index in [9.17, 15) is 46.0 Å². The minimum Gasteiger partial charge on any atom is -0.491 e. The third-order valence-electron chi connectivity index (χ3n) is 19.6. The van der Waals surface area contributed by atoms with Crippen LogP contribution in [0.2, 0.25) is 0 Å². The largest absolute Gasteiger partial charge is 0.491 e. The topological polar surface area (TPSA) is 428 Å². The van der Waals surface area contributed by atoms with E-state index in [1.807, 2.05) is 20.2 Å². The van der Waals surface area contributed by atoms with Gasteiger partial charge in [0.25, 0.3) is 0 Å². The molecular formula is C75H126Br2N13O17P5S. The lowest BCUT2D eigenvalue weighted by Crippen LogP contribution is -2.43. The SMILES string of the molecule is C=C1C=C(N)C(Br)=CN1[C@@H]1O[C@H](CCP(=C)(C)C)[C@@H](O)[C@H]1O.C=C1N=C(N)C(Br)=CN1[C@@H]1O[C@H](CCP(=C)(C)C)[C@@H](O)[C@H]1O.C=C1N=C(N)C(OC)=CN1[C@@H]1O[C@H](CCP(=C)(C)C)[C@@H](O)[C@H]1O.C=C1N=C(N)C(OC)=CN1[C@@H]1O[C@H](CCP(=C)(C)C)[C@@H](O)[C@H]1OC.C=P(C)(C)CC[C@H]1O[C@@H](c2cn(C)c(=S)nc2C)[C@H](O)[C@@H]1O. The Labute approximate surface area is 690 Å². The van der Waals surface area contributed by atoms with Crippen LogP contribution in [-0.4, -0.2) is 359 Å². The normalized spacial score (nSPS) is 31.6. The van der Waals surface area contributed by atoms with Crippen LogP contribution in [0.3, 0.4) is 0 Å². The van der Waals surface area contributed by atoms with Crippen molar-refractivity contribution in [1.82, 2.24) is 29.2 Å². The van der Waals surface area contributed by atoms with Gasteiger partial charge < -0.3 is 131 Å². The molecule has 38 heteroatoms. The molecule has 5 saturated heterocycles. The third kappa shape index (κ3) is 26.9. The van der Waals surface area contributed by atoms with Gasteiger partial charge in [-0.25, -0.2) is 20.0 Å². The van der Waals surface area contributed by atoms with E-state index in [2.05, 4.69) is 176 Å². The highest BCUT2D eigenvalue weighted by Gasteiger charge is 2.51. The molecule has 0 bridgehead atoms. The number of methoxy groups -OCH3 is 3. The lowest BCUT2D eigenvalue weighted by molar-refractivity contribution is -0.0708. The van der Waals surface area contributed by atoms with Crippen molar-refractivity contribution in [1.29, 1.82) is 0 Å². The van der Waals surface area contributed by atoms with E-state index in [0.29, 0.717) is 85.6 Å². The van der Waals surface area contributed by atoms with Crippen molar-refractivity contribution >= 4 is 128 Å². The Morgan fingerprint density at radius 1 is 0.460 bits per heavy atom. The fourth-order valence-corrected chi connectivity index (χ4v) is 18.5. The molecule has 1 aromatic rings. The highest BCUT2D eigenvalue weighted by molar-refractivity contribution is 9.12. The monoisotopic (exact) mass is 1830 g/mol. The second-order valence-electron chi connectivity index (χ2n) is 32.7. The molecule has 0 aromatic carbocycles. The Balaban J connectivity index is 0.000000220. The summed E-state index contributed by atoms with van der Waals surface area (Å²) < 4.78 is 49.0. The maximum Gasteiger partial charge on any atom is 0.199 e. The Morgan fingerprint density at radius 2 is 0.779 bits per heavy atom. The molecule has 0 spiro atoms. The van der Waals surface area contributed by atoms with Gasteiger partial charge in [-0.1, -0.05) is 26.3 Å². The molecule has 1 aromatic heterocycles. The fraction of sp³-hybridized carbons (Fsp3) is 0.600. The van der Waals surface area contributed by atoms with Crippen molar-refractivity contribution in [3.63, 3.8) is 0 Å². The Morgan fingerprint density at radius 3 is 1.15 bits per heavy atom. The number of nitrogens with zero attached hydrogens (tertiary/aromatic N) is 9. The van der Waals surface area contributed by atoms with Gasteiger partial charge in [-0.05, 0) is 187 Å². The van der Waals surface area contributed by atoms with E-state index < -0.39 is 145 Å². The highest BCUT2D eigenvalue weighted by Crippen LogP contribution is 2.46. The predicted molar refractivity (Wildman–Crippen MR) is 478 cm³/mol. The van der Waals surface area contributed by atoms with Gasteiger partial charge in [0.15, 0.2) is 52.9 Å². The molecule has 20 atom stereocenters. The molecule has 0 aliphatic carbocycles. The van der Waals surface area contributed by atoms with E-state index in [4.69, 9.17) is 73.0 Å². The minimum absolute atomic E-state index is 0.210. The van der Waals surface area contributed by atoms with Crippen LogP contribution in [0.5, 0.6) is 0 Å². The summed E-state index contributed by atoms with van der Waals surface area (Å²) in [6.07, 6.45) is 24.6. The number of aliphatic hydroxyl groups excluding tert-OH is 9. The standard InChI is InChI=1S/C16H28N3O4P.C15H24BrN2O3P.C15H26N3O4P.C15H25N2O3PS.C14H23BrN3O3P/c1-10-18-15(17)12(21-2)9-19(10)16-14(22-3)13(20)11(23-16)7-8-24(4,5)6;1-9-7-11(17)10(16)8-18(9)15-14(20)13(19)12(21-15)5-6-22(2,3)4;1-9-17-14(16)11(21-2)8-18(9)15-13(20)12(19)10(22-15)6-7-23(3,4)5;1-9-10(8-17(2)15(22)16-9)14-13(19)12(18)11(20-14)6-7-21(3,4)5;1-8-17-13(16)9(15)7-18(8)14-12(20)11(19)10(21-14)5-6-22(2,3)4/h9,11,13-14,16,20H,1,4,7-8H2,2-3,5-6H3,(H2,17,18);7-8,12-15,19-20H,1-2,5-6,17H2,3-4H3;8,10,12-13,15,19-20H,1,3,6-7H2,2,4-5H3,(H2,16,17);8,11-14,18-19H,3,6-7H2,1-2,4-5H3;7,10-12,14,19-20H,1-2,5-6H2,3-4H3,(H2,16,17)/t11-,13-,14-,16-;12-,13-,14-,15-;10-,12-,13-,15-;11-,12-,13-,14+;10-,11-,12-,14-/m11111/s1. The first-order valence-corrected chi connectivity index (χ1v) is 53.9. The number of rotatable bonds is 23. The predicted octanol–water partition coefficient (Wildman–Crippen LogP) is 5.05. The van der Waals surface area contributed by atoms with E-state index in [-0.39, 0.29) is 23.9 Å². The minimum atomic E-state index is -1.23. The highest BCUT2D eigenvalue weighted by atomic mass is 79.9. The average Bonchev–Trinajstić information content (AvgIpc) is 1.68. The van der Waals surface area contributed by atoms with E-state index in [1.54, 1.807) is 57.3 Å². The summed E-state index contributed by atoms with van der Waals surface area (Å²) in [4.78, 5) is 23.1. The molecular weight excluding hydrogens is 1700 g/mol. The number of aliphatic hydroxyl groups is 9. The van der Waals surface area contributed by atoms with Gasteiger partial charge >= 0.3 is 0 Å². The Bertz CT molecular complexity index is 4090. The fourth-order valence-electron chi connectivity index (χ4n) is 12.9. The van der Waals surface area contributed by atoms with Gasteiger partial charge in [-0.3, -0.25) is 0 Å². The molecule has 17 N–H and O–H groups in total. The van der Waals surface area contributed by atoms with Crippen LogP contribution in [0.4, 0.5) is 0 Å². The molecule has 30 nitrogen and oxygen atoms in total. The van der Waals surface area contributed by atoms with Crippen molar-refractivity contribution in [3.8, 4) is 0 Å². The van der Waals surface area contributed by atoms with E-state index in [1.165, 1.54) is 19.1 Å². The molecule has 9 aliphatic rings. The van der Waals surface area contributed by atoms with Crippen LogP contribution in [-0.2, 0) is 44.9 Å². The number of allylic oxidation sites excluding steroid dienone is 2. The number of amidine groups is 3. The van der Waals surface area contributed by atoms with Gasteiger partial charge in [-0.15, -0.1) is 65.9 Å². The molecule has 0 unspecified atom stereocenters. The first-order chi connectivity index (χ1) is 52.1. The number of hydrogen-bond donors (Lipinski definition) is 13. The Hall–Kier alpha value is -4.17. The molecule has 9 aliphatic heterocycles. The maximum atomic E-state index is 10.6. The quantitative estimate of drug-likeness (QED) is 0.0503. The van der Waals surface area contributed by atoms with Crippen molar-refractivity contribution < 1.29 is 83.9 Å². The zero-order chi connectivity index (χ0) is 85.4. The summed E-state index contributed by atoms with van der Waals surface area (Å²) in [7, 11) is 6.35. The van der Waals surface area contributed by atoms with E-state index >= 15 is 0 Å². The molecule has 5 fully saturated rings. The van der Waals surface area contributed by atoms with E-state index in [0.717, 1.165) is 48.5 Å². The first-order valence-electron chi connectivity index (χ1n) is 36.6. The summed E-state index contributed by atoms with van der Waals surface area (Å²) >= 11 is 11.8. The maximum absolute atomic E-state index is 10.6. The summed E-state index contributed by atoms with van der Waals surface area (Å²) in [5.74, 6) is 2.66. The average molecular weight is 1830 g/mol. The van der Waals surface area contributed by atoms with Crippen molar-refractivity contribution in [2.75, 3.05) is 119 Å². The van der Waals surface area contributed by atoms with Gasteiger partial charge in [0, 0.05) is 55.4 Å². The van der Waals surface area contributed by atoms with Crippen molar-refractivity contribution in [2.24, 2.45) is 45.0 Å². The first kappa shape index (κ1) is 97.7. The molecule has 0 saturated carbocycles. The number of aliphatic imine (C=N–C) groups is 3.